The minimum absolute atomic E-state index is 0.167. The molecule has 0 rings (SSSR count). The Balaban J connectivity index is 0. The molecule has 0 aliphatic rings. The van der Waals surface area contributed by atoms with Crippen molar-refractivity contribution in [2.24, 2.45) is 0 Å². The van der Waals surface area contributed by atoms with Gasteiger partial charge in [-0.3, -0.25) is 0 Å². The molecule has 2 radical (unpaired) electrons. The van der Waals surface area contributed by atoms with E-state index in [1.807, 2.05) is 0 Å². The summed E-state index contributed by atoms with van der Waals surface area (Å²) in [5.74, 6) is 0. The fourth-order valence-electron chi connectivity index (χ4n) is 0. The Morgan fingerprint density at radius 1 is 1.50 bits per heavy atom. The molecule has 0 aromatic rings. The Kier molecular flexibility index (Phi) is 14.8. The molecular formula is C3H8O2Sn. The molecular weight excluding hydrogens is 187 g/mol. The van der Waals surface area contributed by atoms with E-state index in [4.69, 9.17) is 8.18 Å². The molecule has 0 aliphatic heterocycles. The van der Waals surface area contributed by atoms with Crippen LogP contribution in [-0.2, 0) is 3.08 Å². The molecule has 0 aromatic carbocycles. The van der Waals surface area contributed by atoms with Crippen LogP contribution < -0.4 is 0 Å². The van der Waals surface area contributed by atoms with Crippen molar-refractivity contribution in [2.45, 2.75) is 20.0 Å². The number of aliphatic hydroxyl groups excluding tert-OH is 1. The van der Waals surface area contributed by atoms with Gasteiger partial charge in [-0.2, -0.15) is 0 Å². The molecule has 0 spiro atoms. The van der Waals surface area contributed by atoms with Gasteiger partial charge in [0.1, 0.15) is 0 Å². The van der Waals surface area contributed by atoms with Crippen LogP contribution in [0.15, 0.2) is 0 Å². The molecule has 1 N–H and O–H groups in total. The van der Waals surface area contributed by atoms with E-state index in [0.717, 1.165) is 0 Å². The second kappa shape index (κ2) is 9.12. The van der Waals surface area contributed by atoms with Crippen LogP contribution in [0.4, 0.5) is 0 Å². The summed E-state index contributed by atoms with van der Waals surface area (Å²) in [6.07, 6.45) is -0.167. The first-order valence-electron chi connectivity index (χ1n) is 1.62. The number of aliphatic hydroxyl groups is 1. The molecule has 0 unspecified atom stereocenters. The first kappa shape index (κ1) is 9.75. The van der Waals surface area contributed by atoms with E-state index < -0.39 is 0 Å². The van der Waals surface area contributed by atoms with Gasteiger partial charge in [0, 0.05) is 6.10 Å². The van der Waals surface area contributed by atoms with Gasteiger partial charge in [-0.25, -0.2) is 0 Å². The zero-order valence-corrected chi connectivity index (χ0v) is 6.79. The van der Waals surface area contributed by atoms with Gasteiger partial charge in [0.05, 0.1) is 0 Å². The number of hydrogen-bond acceptors (Lipinski definition) is 2. The monoisotopic (exact) mass is 196 g/mol. The third kappa shape index (κ3) is 185. The molecule has 6 heavy (non-hydrogen) atoms. The Labute approximate surface area is 51.0 Å². The summed E-state index contributed by atoms with van der Waals surface area (Å²) in [6.45, 7) is 3.44. The second-order valence-corrected chi connectivity index (χ2v) is 1.09. The molecule has 0 heterocycles. The Hall–Kier alpha value is 0.559. The zero-order chi connectivity index (χ0) is 5.58. The molecule has 0 aromatic heterocycles. The number of hydrogen-bond donors (Lipinski definition) is 1. The summed E-state index contributed by atoms with van der Waals surface area (Å²) >= 11 is 0.300. The van der Waals surface area contributed by atoms with Gasteiger partial charge in [-0.15, -0.1) is 0 Å². The van der Waals surface area contributed by atoms with E-state index in [1.165, 1.54) is 0 Å². The quantitative estimate of drug-likeness (QED) is 0.547. The molecule has 0 aliphatic carbocycles. The maximum atomic E-state index is 8.34. The van der Waals surface area contributed by atoms with Gasteiger partial charge < -0.3 is 5.11 Å². The van der Waals surface area contributed by atoms with E-state index in [2.05, 4.69) is 0 Å². The van der Waals surface area contributed by atoms with E-state index in [1.54, 1.807) is 13.8 Å². The van der Waals surface area contributed by atoms with Crippen molar-refractivity contribution >= 4 is 22.5 Å². The Morgan fingerprint density at radius 3 is 1.50 bits per heavy atom. The SMILES string of the molecule is CC(C)O.[O]=[Sn]. The molecule has 0 fully saturated rings. The molecule has 0 atom stereocenters. The number of rotatable bonds is 0. The van der Waals surface area contributed by atoms with Crippen LogP contribution >= 0.6 is 0 Å². The average molecular weight is 195 g/mol. The Morgan fingerprint density at radius 2 is 1.50 bits per heavy atom. The van der Waals surface area contributed by atoms with Crippen LogP contribution in [0.25, 0.3) is 0 Å². The zero-order valence-electron chi connectivity index (χ0n) is 3.93. The molecule has 0 saturated heterocycles. The summed E-state index contributed by atoms with van der Waals surface area (Å²) in [7, 11) is 0. The molecule has 0 amide bonds. The normalized spacial score (nSPS) is 6.67. The summed E-state index contributed by atoms with van der Waals surface area (Å²) in [4.78, 5) is 0. The second-order valence-electron chi connectivity index (χ2n) is 1.09. The van der Waals surface area contributed by atoms with E-state index in [-0.39, 0.29) is 6.10 Å². The van der Waals surface area contributed by atoms with Crippen LogP contribution in [0.5, 0.6) is 0 Å². The summed E-state index contributed by atoms with van der Waals surface area (Å²) in [6, 6.07) is 0. The van der Waals surface area contributed by atoms with Crippen molar-refractivity contribution in [2.75, 3.05) is 0 Å². The van der Waals surface area contributed by atoms with Gasteiger partial charge in [-0.05, 0) is 13.8 Å². The average Bonchev–Trinajstić information content (AvgIpc) is 1.41. The fraction of sp³-hybridized carbons (Fsp3) is 1.00. The first-order chi connectivity index (χ1) is 2.73. The van der Waals surface area contributed by atoms with E-state index in [0.29, 0.717) is 22.5 Å². The topological polar surface area (TPSA) is 37.3 Å². The molecule has 36 valence electrons. The van der Waals surface area contributed by atoms with Crippen molar-refractivity contribution in [3.63, 3.8) is 0 Å². The van der Waals surface area contributed by atoms with Crippen molar-refractivity contribution in [3.8, 4) is 0 Å². The maximum absolute atomic E-state index is 8.34. The van der Waals surface area contributed by atoms with E-state index >= 15 is 0 Å². The van der Waals surface area contributed by atoms with E-state index in [9.17, 15) is 0 Å². The standard InChI is InChI=1S/C3H8O.O.Sn/c1-3(2)4;;/h3-4H,1-2H3;;. The van der Waals surface area contributed by atoms with Crippen LogP contribution in [0.1, 0.15) is 13.8 Å². The summed E-state index contributed by atoms with van der Waals surface area (Å²) < 4.78 is 8.34. The van der Waals surface area contributed by atoms with Crippen LogP contribution in [0.2, 0.25) is 0 Å². The van der Waals surface area contributed by atoms with Crippen molar-refractivity contribution < 1.29 is 8.18 Å². The molecule has 0 bridgehead atoms. The van der Waals surface area contributed by atoms with Gasteiger partial charge in [0.2, 0.25) is 0 Å². The third-order valence-corrected chi connectivity index (χ3v) is 0. The first-order valence-corrected chi connectivity index (χ1v) is 2.78. The van der Waals surface area contributed by atoms with Crippen molar-refractivity contribution in [1.29, 1.82) is 0 Å². The summed E-state index contributed by atoms with van der Waals surface area (Å²) in [5.41, 5.74) is 0. The molecule has 0 saturated carbocycles. The molecule has 3 heteroatoms. The van der Waals surface area contributed by atoms with Gasteiger partial charge in [0.15, 0.2) is 0 Å². The van der Waals surface area contributed by atoms with Crippen LogP contribution in [-0.4, -0.2) is 33.7 Å². The predicted octanol–water partition coefficient (Wildman–Crippen LogP) is -0.112. The van der Waals surface area contributed by atoms with Gasteiger partial charge in [-0.1, -0.05) is 0 Å². The van der Waals surface area contributed by atoms with Crippen molar-refractivity contribution in [1.82, 2.24) is 0 Å². The van der Waals surface area contributed by atoms with Crippen molar-refractivity contribution in [3.05, 3.63) is 0 Å². The third-order valence-electron chi connectivity index (χ3n) is 0. The molecule has 2 nitrogen and oxygen atoms in total. The summed E-state index contributed by atoms with van der Waals surface area (Å²) in [5, 5.41) is 8.06. The fourth-order valence-corrected chi connectivity index (χ4v) is 0. The minimum atomic E-state index is -0.167. The predicted molar refractivity (Wildman–Crippen MR) is 23.8 cm³/mol. The van der Waals surface area contributed by atoms with Gasteiger partial charge >= 0.3 is 25.6 Å². The van der Waals surface area contributed by atoms with Crippen LogP contribution in [0, 0.1) is 0 Å². The van der Waals surface area contributed by atoms with Crippen LogP contribution in [0.3, 0.4) is 0 Å². The Bertz CT molecular complexity index is 20.0. The van der Waals surface area contributed by atoms with Gasteiger partial charge in [0.25, 0.3) is 0 Å².